The summed E-state index contributed by atoms with van der Waals surface area (Å²) in [5.74, 6) is -1.85. The molecule has 0 aliphatic heterocycles. The number of nitrogens with one attached hydrogen (secondary N) is 3. The topological polar surface area (TPSA) is 144 Å². The highest BCUT2D eigenvalue weighted by molar-refractivity contribution is 7.99. The van der Waals surface area contributed by atoms with E-state index in [9.17, 15) is 28.2 Å². The van der Waals surface area contributed by atoms with Crippen molar-refractivity contribution in [2.75, 3.05) is 17.6 Å². The van der Waals surface area contributed by atoms with Gasteiger partial charge in [-0.05, 0) is 42.4 Å². The van der Waals surface area contributed by atoms with Crippen LogP contribution in [0.15, 0.2) is 27.9 Å². The normalized spacial score (nSPS) is 12.7. The molecule has 30 heavy (non-hydrogen) atoms. The maximum atomic E-state index is 13.4. The number of halogens is 3. The molecule has 5 N–H and O–H groups in total. The van der Waals surface area contributed by atoms with Crippen molar-refractivity contribution in [3.8, 4) is 0 Å². The summed E-state index contributed by atoms with van der Waals surface area (Å²) in [7, 11) is 0. The highest BCUT2D eigenvalue weighted by Crippen LogP contribution is 2.26. The number of thioether (sulfide) groups is 1. The Hall–Kier alpha value is -2.64. The lowest BCUT2D eigenvalue weighted by Crippen LogP contribution is -2.48. The van der Waals surface area contributed by atoms with Crippen molar-refractivity contribution in [1.82, 2.24) is 15.6 Å². The first-order chi connectivity index (χ1) is 14.0. The van der Waals surface area contributed by atoms with Gasteiger partial charge in [0, 0.05) is 18.0 Å². The molecule has 0 aliphatic rings. The van der Waals surface area contributed by atoms with Crippen LogP contribution in [-0.2, 0) is 4.79 Å². The largest absolute Gasteiger partial charge is 0.387 e. The Labute approximate surface area is 173 Å². The predicted octanol–water partition coefficient (Wildman–Crippen LogP) is 1.92. The molecule has 0 bridgehead atoms. The Kier molecular flexibility index (Phi) is 7.81. The summed E-state index contributed by atoms with van der Waals surface area (Å²) in [4.78, 5) is 11.7. The van der Waals surface area contributed by atoms with Gasteiger partial charge in [-0.1, -0.05) is 11.8 Å². The van der Waals surface area contributed by atoms with Gasteiger partial charge >= 0.3 is 0 Å². The molecule has 0 spiro atoms. The average molecular weight is 447 g/mol. The third-order valence-corrected chi connectivity index (χ3v) is 4.70. The van der Waals surface area contributed by atoms with Crippen LogP contribution in [-0.4, -0.2) is 56.3 Å². The summed E-state index contributed by atoms with van der Waals surface area (Å²) in [6.45, 7) is 2.70. The van der Waals surface area contributed by atoms with Crippen molar-refractivity contribution < 1.29 is 32.8 Å². The van der Waals surface area contributed by atoms with Gasteiger partial charge in [-0.15, -0.1) is 0 Å². The van der Waals surface area contributed by atoms with Crippen LogP contribution >= 0.6 is 11.8 Å². The Morgan fingerprint density at radius 1 is 1.37 bits per heavy atom. The zero-order valence-electron chi connectivity index (χ0n) is 15.9. The van der Waals surface area contributed by atoms with E-state index in [2.05, 4.69) is 25.6 Å². The maximum absolute atomic E-state index is 13.4. The van der Waals surface area contributed by atoms with Crippen molar-refractivity contribution in [3.63, 3.8) is 0 Å². The zero-order valence-corrected chi connectivity index (χ0v) is 16.8. The van der Waals surface area contributed by atoms with Gasteiger partial charge < -0.3 is 20.8 Å². The highest BCUT2D eigenvalue weighted by Gasteiger charge is 2.30. The number of aromatic nitrogens is 2. The minimum absolute atomic E-state index is 0.00854. The molecule has 0 saturated carbocycles. The van der Waals surface area contributed by atoms with Crippen LogP contribution in [0.25, 0.3) is 0 Å². The van der Waals surface area contributed by atoms with Gasteiger partial charge in [-0.25, -0.2) is 17.8 Å². The number of carbonyl (C=O) groups is 1. The lowest BCUT2D eigenvalue weighted by molar-refractivity contribution is -0.141. The average Bonchev–Trinajstić information content (AvgIpc) is 3.13. The zero-order chi connectivity index (χ0) is 22.5. The molecule has 1 aromatic carbocycles. The number of hydrogen-bond donors (Lipinski definition) is 5. The Balaban J connectivity index is 1.93. The van der Waals surface area contributed by atoms with E-state index in [0.29, 0.717) is 0 Å². The number of anilines is 1. The molecule has 1 atom stereocenters. The lowest BCUT2D eigenvalue weighted by Gasteiger charge is -2.23. The van der Waals surface area contributed by atoms with E-state index in [0.717, 1.165) is 23.9 Å². The standard InChI is InChI=1S/C17H20F3N5O4S/c1-17(2,28)12(26)15(27)22-5-6-30-16-11(24-29-25-16)14(21)23-8-3-4-10(18)9(7-8)13(19)20/h3-4,7,12-13,26,28H,5-6H2,1-2H3,(H2,21,23)(H,22,27). The van der Waals surface area contributed by atoms with Crippen molar-refractivity contribution >= 4 is 29.2 Å². The van der Waals surface area contributed by atoms with Crippen LogP contribution in [0.4, 0.5) is 18.9 Å². The van der Waals surface area contributed by atoms with E-state index in [1.807, 2.05) is 0 Å². The Morgan fingerprint density at radius 3 is 2.70 bits per heavy atom. The predicted molar refractivity (Wildman–Crippen MR) is 102 cm³/mol. The molecule has 1 amide bonds. The summed E-state index contributed by atoms with van der Waals surface area (Å²) in [6, 6.07) is 2.94. The summed E-state index contributed by atoms with van der Waals surface area (Å²) in [5.41, 5.74) is -2.34. The molecule has 0 aliphatic carbocycles. The molecule has 2 rings (SSSR count). The smallest absolute Gasteiger partial charge is 0.266 e. The molecular weight excluding hydrogens is 427 g/mol. The van der Waals surface area contributed by atoms with Crippen molar-refractivity contribution in [2.45, 2.75) is 37.0 Å². The molecule has 1 unspecified atom stereocenters. The fourth-order valence-electron chi connectivity index (χ4n) is 2.16. The first-order valence-electron chi connectivity index (χ1n) is 8.57. The molecule has 0 radical (unpaired) electrons. The molecule has 0 fully saturated rings. The number of nitrogens with zero attached hydrogens (tertiary/aromatic N) is 2. The Bertz CT molecular complexity index is 904. The molecule has 2 aromatic rings. The fraction of sp³-hybridized carbons (Fsp3) is 0.412. The van der Waals surface area contributed by atoms with Crippen molar-refractivity contribution in [3.05, 3.63) is 35.3 Å². The van der Waals surface area contributed by atoms with Crippen LogP contribution in [0.5, 0.6) is 0 Å². The number of carbonyl (C=O) groups excluding carboxylic acids is 1. The maximum Gasteiger partial charge on any atom is 0.266 e. The number of alkyl halides is 2. The molecule has 0 saturated heterocycles. The van der Waals surface area contributed by atoms with Crippen molar-refractivity contribution in [1.29, 1.82) is 5.41 Å². The van der Waals surface area contributed by atoms with Crippen LogP contribution in [0.2, 0.25) is 0 Å². The van der Waals surface area contributed by atoms with Gasteiger partial charge in [-0.3, -0.25) is 10.2 Å². The summed E-state index contributed by atoms with van der Waals surface area (Å²) in [6.07, 6.45) is -4.61. The van der Waals surface area contributed by atoms with Crippen LogP contribution in [0.3, 0.4) is 0 Å². The van der Waals surface area contributed by atoms with Gasteiger partial charge in [-0.2, -0.15) is 0 Å². The second kappa shape index (κ2) is 9.91. The number of benzene rings is 1. The van der Waals surface area contributed by atoms with E-state index in [1.165, 1.54) is 19.9 Å². The molecule has 1 heterocycles. The number of amides is 1. The quantitative estimate of drug-likeness (QED) is 0.170. The van der Waals surface area contributed by atoms with Gasteiger partial charge in [0.15, 0.2) is 22.7 Å². The fourth-order valence-corrected chi connectivity index (χ4v) is 2.92. The van der Waals surface area contributed by atoms with Crippen molar-refractivity contribution in [2.24, 2.45) is 0 Å². The molecule has 9 nitrogen and oxygen atoms in total. The third-order valence-electron chi connectivity index (χ3n) is 3.75. The summed E-state index contributed by atoms with van der Waals surface area (Å²) >= 11 is 1.08. The number of rotatable bonds is 9. The van der Waals surface area contributed by atoms with Crippen LogP contribution in [0, 0.1) is 11.2 Å². The first kappa shape index (κ1) is 23.6. The van der Waals surface area contributed by atoms with Gasteiger partial charge in [0.25, 0.3) is 12.3 Å². The SMILES string of the molecule is CC(C)(O)C(O)C(=O)NCCSc1nonc1C(=N)Nc1ccc(F)c(C(F)F)c1. The summed E-state index contributed by atoms with van der Waals surface area (Å²) < 4.78 is 43.6. The van der Waals surface area contributed by atoms with Crippen LogP contribution in [0.1, 0.15) is 31.5 Å². The number of aliphatic hydroxyl groups is 2. The van der Waals surface area contributed by atoms with E-state index >= 15 is 0 Å². The molecule has 1 aromatic heterocycles. The van der Waals surface area contributed by atoms with E-state index in [4.69, 9.17) is 5.41 Å². The molecule has 164 valence electrons. The van der Waals surface area contributed by atoms with Crippen LogP contribution < -0.4 is 10.6 Å². The lowest BCUT2D eigenvalue weighted by atomic mass is 10.0. The van der Waals surface area contributed by atoms with Gasteiger partial charge in [0.1, 0.15) is 5.82 Å². The number of amidine groups is 1. The second-order valence-corrected chi connectivity index (χ2v) is 7.73. The number of aliphatic hydroxyl groups excluding tert-OH is 1. The van der Waals surface area contributed by atoms with E-state index < -0.39 is 35.4 Å². The second-order valence-electron chi connectivity index (χ2n) is 6.65. The van der Waals surface area contributed by atoms with E-state index in [-0.39, 0.29) is 34.5 Å². The van der Waals surface area contributed by atoms with Gasteiger partial charge in [0.2, 0.25) is 0 Å². The summed E-state index contributed by atoms with van der Waals surface area (Å²) in [5, 5.41) is 39.7. The highest BCUT2D eigenvalue weighted by atomic mass is 32.2. The molecular formula is C17H20F3N5O4S. The number of hydrogen-bond acceptors (Lipinski definition) is 8. The van der Waals surface area contributed by atoms with Gasteiger partial charge in [0.05, 0.1) is 11.2 Å². The molecule has 13 heteroatoms. The van der Waals surface area contributed by atoms with E-state index in [1.54, 1.807) is 0 Å². The minimum atomic E-state index is -3.01. The monoisotopic (exact) mass is 447 g/mol. The Morgan fingerprint density at radius 2 is 2.07 bits per heavy atom. The third kappa shape index (κ3) is 6.18. The first-order valence-corrected chi connectivity index (χ1v) is 9.56. The minimum Gasteiger partial charge on any atom is -0.387 e.